The van der Waals surface area contributed by atoms with Gasteiger partial charge in [-0.05, 0) is 27.6 Å². The molecule has 0 amide bonds. The molecule has 2 rings (SSSR count). The second-order valence-electron chi connectivity index (χ2n) is 2.57. The number of fused-ring (bicyclic) bond motifs is 1. The average Bonchev–Trinajstić information content (AvgIpc) is 2.47. The first kappa shape index (κ1) is 7.76. The highest BCUT2D eigenvalue weighted by Crippen LogP contribution is 2.15. The molecule has 0 aliphatic carbocycles. The number of hydrogen-bond donors (Lipinski definition) is 1. The van der Waals surface area contributed by atoms with Gasteiger partial charge in [0, 0.05) is 12.7 Å². The molecule has 0 unspecified atom stereocenters. The van der Waals surface area contributed by atoms with Crippen LogP contribution in [-0.2, 0) is 6.54 Å². The SMILES string of the molecule is NCc1ccc2c(Br)ncn2c1. The second-order valence-corrected chi connectivity index (χ2v) is 3.32. The molecule has 4 heteroatoms. The number of aromatic nitrogens is 2. The summed E-state index contributed by atoms with van der Waals surface area (Å²) in [4.78, 5) is 4.11. The van der Waals surface area contributed by atoms with Crippen molar-refractivity contribution in [2.45, 2.75) is 6.54 Å². The van der Waals surface area contributed by atoms with Crippen molar-refractivity contribution in [1.29, 1.82) is 0 Å². The minimum atomic E-state index is 0.561. The van der Waals surface area contributed by atoms with E-state index in [1.165, 1.54) is 0 Å². The number of nitrogens with two attached hydrogens (primary N) is 1. The maximum absolute atomic E-state index is 5.50. The molecule has 3 nitrogen and oxygen atoms in total. The Hall–Kier alpha value is -0.870. The third-order valence-electron chi connectivity index (χ3n) is 1.78. The minimum absolute atomic E-state index is 0.561. The van der Waals surface area contributed by atoms with Gasteiger partial charge in [-0.25, -0.2) is 4.98 Å². The van der Waals surface area contributed by atoms with E-state index in [2.05, 4.69) is 20.9 Å². The lowest BCUT2D eigenvalue weighted by Gasteiger charge is -1.97. The van der Waals surface area contributed by atoms with Gasteiger partial charge in [-0.15, -0.1) is 0 Å². The number of rotatable bonds is 1. The van der Waals surface area contributed by atoms with Crippen molar-refractivity contribution in [3.63, 3.8) is 0 Å². The monoisotopic (exact) mass is 225 g/mol. The predicted octanol–water partition coefficient (Wildman–Crippen LogP) is 1.56. The predicted molar refractivity (Wildman–Crippen MR) is 50.8 cm³/mol. The van der Waals surface area contributed by atoms with Gasteiger partial charge in [0.15, 0.2) is 0 Å². The number of halogens is 1. The van der Waals surface area contributed by atoms with Crippen LogP contribution < -0.4 is 5.73 Å². The topological polar surface area (TPSA) is 43.3 Å². The van der Waals surface area contributed by atoms with Crippen molar-refractivity contribution < 1.29 is 0 Å². The summed E-state index contributed by atoms with van der Waals surface area (Å²) in [6.45, 7) is 0.561. The summed E-state index contributed by atoms with van der Waals surface area (Å²) < 4.78 is 2.82. The molecule has 2 aromatic rings. The molecule has 0 atom stereocenters. The molecule has 0 fully saturated rings. The molecule has 2 heterocycles. The lowest BCUT2D eigenvalue weighted by Crippen LogP contribution is -1.97. The fraction of sp³-hybridized carbons (Fsp3) is 0.125. The molecule has 0 aliphatic rings. The van der Waals surface area contributed by atoms with Gasteiger partial charge >= 0.3 is 0 Å². The van der Waals surface area contributed by atoms with E-state index in [9.17, 15) is 0 Å². The Bertz CT molecular complexity index is 408. The Labute approximate surface area is 78.3 Å². The summed E-state index contributed by atoms with van der Waals surface area (Å²) in [7, 11) is 0. The molecular weight excluding hydrogens is 218 g/mol. The lowest BCUT2D eigenvalue weighted by molar-refractivity contribution is 1.02. The molecule has 0 spiro atoms. The maximum Gasteiger partial charge on any atom is 0.131 e. The molecule has 2 aromatic heterocycles. The Morgan fingerprint density at radius 2 is 2.33 bits per heavy atom. The van der Waals surface area contributed by atoms with Crippen LogP contribution in [0.25, 0.3) is 5.52 Å². The number of imidazole rings is 1. The van der Waals surface area contributed by atoms with Gasteiger partial charge in [0.1, 0.15) is 10.9 Å². The van der Waals surface area contributed by atoms with E-state index in [4.69, 9.17) is 5.73 Å². The minimum Gasteiger partial charge on any atom is -0.326 e. The van der Waals surface area contributed by atoms with Gasteiger partial charge in [-0.2, -0.15) is 0 Å². The van der Waals surface area contributed by atoms with Gasteiger partial charge in [0.25, 0.3) is 0 Å². The standard InChI is InChI=1S/C8H8BrN3/c9-8-7-2-1-6(3-10)4-12(7)5-11-8/h1-2,4-5H,3,10H2. The van der Waals surface area contributed by atoms with Crippen molar-refractivity contribution >= 4 is 21.4 Å². The van der Waals surface area contributed by atoms with Crippen molar-refractivity contribution in [3.05, 3.63) is 34.8 Å². The Kier molecular flexibility index (Phi) is 1.86. The highest BCUT2D eigenvalue weighted by atomic mass is 79.9. The van der Waals surface area contributed by atoms with E-state index in [1.807, 2.05) is 22.7 Å². The Balaban J connectivity index is 2.69. The van der Waals surface area contributed by atoms with Crippen LogP contribution in [0.2, 0.25) is 0 Å². The van der Waals surface area contributed by atoms with Crippen molar-refractivity contribution in [3.8, 4) is 0 Å². The molecule has 0 aliphatic heterocycles. The molecule has 62 valence electrons. The zero-order chi connectivity index (χ0) is 8.55. The number of nitrogens with zero attached hydrogens (tertiary/aromatic N) is 2. The zero-order valence-corrected chi connectivity index (χ0v) is 7.95. The summed E-state index contributed by atoms with van der Waals surface area (Å²) in [5, 5.41) is 0. The van der Waals surface area contributed by atoms with Crippen LogP contribution in [0, 0.1) is 0 Å². The summed E-state index contributed by atoms with van der Waals surface area (Å²) in [6, 6.07) is 4.00. The van der Waals surface area contributed by atoms with Crippen LogP contribution in [0.1, 0.15) is 5.56 Å². The summed E-state index contributed by atoms with van der Waals surface area (Å²) in [6.07, 6.45) is 3.74. The Morgan fingerprint density at radius 3 is 3.08 bits per heavy atom. The molecule has 0 saturated carbocycles. The lowest BCUT2D eigenvalue weighted by atomic mass is 10.3. The van der Waals surface area contributed by atoms with Gasteiger partial charge < -0.3 is 10.1 Å². The maximum atomic E-state index is 5.50. The van der Waals surface area contributed by atoms with Crippen molar-refractivity contribution in [2.24, 2.45) is 5.73 Å². The van der Waals surface area contributed by atoms with Crippen LogP contribution in [0.15, 0.2) is 29.3 Å². The van der Waals surface area contributed by atoms with E-state index in [0.29, 0.717) is 6.54 Å². The smallest absolute Gasteiger partial charge is 0.131 e. The van der Waals surface area contributed by atoms with Crippen LogP contribution >= 0.6 is 15.9 Å². The quantitative estimate of drug-likeness (QED) is 0.801. The van der Waals surface area contributed by atoms with E-state index < -0.39 is 0 Å². The van der Waals surface area contributed by atoms with Gasteiger partial charge in [-0.1, -0.05) is 6.07 Å². The summed E-state index contributed by atoms with van der Waals surface area (Å²) in [5.41, 5.74) is 7.67. The summed E-state index contributed by atoms with van der Waals surface area (Å²) in [5.74, 6) is 0. The molecule has 2 N–H and O–H groups in total. The fourth-order valence-corrected chi connectivity index (χ4v) is 1.56. The molecule has 0 saturated heterocycles. The van der Waals surface area contributed by atoms with Crippen LogP contribution in [-0.4, -0.2) is 9.38 Å². The number of hydrogen-bond acceptors (Lipinski definition) is 2. The third-order valence-corrected chi connectivity index (χ3v) is 2.39. The first-order valence-electron chi connectivity index (χ1n) is 3.62. The zero-order valence-electron chi connectivity index (χ0n) is 6.37. The van der Waals surface area contributed by atoms with Crippen molar-refractivity contribution in [1.82, 2.24) is 9.38 Å². The largest absolute Gasteiger partial charge is 0.326 e. The van der Waals surface area contributed by atoms with E-state index in [1.54, 1.807) is 6.33 Å². The molecule has 0 bridgehead atoms. The Morgan fingerprint density at radius 1 is 1.50 bits per heavy atom. The third kappa shape index (κ3) is 1.13. The highest BCUT2D eigenvalue weighted by Gasteiger charge is 1.99. The van der Waals surface area contributed by atoms with Gasteiger partial charge in [-0.3, -0.25) is 0 Å². The molecule has 0 radical (unpaired) electrons. The van der Waals surface area contributed by atoms with Crippen molar-refractivity contribution in [2.75, 3.05) is 0 Å². The van der Waals surface area contributed by atoms with Gasteiger partial charge in [0.2, 0.25) is 0 Å². The van der Waals surface area contributed by atoms with E-state index in [0.717, 1.165) is 15.7 Å². The second kappa shape index (κ2) is 2.88. The normalized spacial score (nSPS) is 10.8. The first-order chi connectivity index (χ1) is 5.81. The van der Waals surface area contributed by atoms with Crippen LogP contribution in [0.5, 0.6) is 0 Å². The number of pyridine rings is 1. The molecular formula is C8H8BrN3. The first-order valence-corrected chi connectivity index (χ1v) is 4.41. The molecule has 12 heavy (non-hydrogen) atoms. The van der Waals surface area contributed by atoms with Crippen LogP contribution in [0.4, 0.5) is 0 Å². The average molecular weight is 226 g/mol. The highest BCUT2D eigenvalue weighted by molar-refractivity contribution is 9.10. The molecule has 0 aromatic carbocycles. The van der Waals surface area contributed by atoms with E-state index >= 15 is 0 Å². The van der Waals surface area contributed by atoms with Gasteiger partial charge in [0.05, 0.1) is 5.52 Å². The summed E-state index contributed by atoms with van der Waals surface area (Å²) >= 11 is 3.35. The van der Waals surface area contributed by atoms with Crippen LogP contribution in [0.3, 0.4) is 0 Å². The van der Waals surface area contributed by atoms with E-state index in [-0.39, 0.29) is 0 Å². The fourth-order valence-electron chi connectivity index (χ4n) is 1.13.